The van der Waals surface area contributed by atoms with Crippen LogP contribution >= 0.6 is 0 Å². The summed E-state index contributed by atoms with van der Waals surface area (Å²) >= 11 is 0. The number of ether oxygens (including phenoxy) is 1. The second-order valence-electron chi connectivity index (χ2n) is 5.51. The van der Waals surface area contributed by atoms with Crippen molar-refractivity contribution in [3.05, 3.63) is 0 Å². The summed E-state index contributed by atoms with van der Waals surface area (Å²) in [6, 6.07) is 0. The van der Waals surface area contributed by atoms with Gasteiger partial charge in [0.2, 0.25) is 0 Å². The lowest BCUT2D eigenvalue weighted by Crippen LogP contribution is -2.42. The van der Waals surface area contributed by atoms with Crippen LogP contribution in [0.5, 0.6) is 0 Å². The number of carbonyl (C=O) groups excluding carboxylic acids is 1. The van der Waals surface area contributed by atoms with Gasteiger partial charge in [-0.1, -0.05) is 0 Å². The molecular weight excluding hydrogens is 223 g/mol. The molecule has 17 heavy (non-hydrogen) atoms. The van der Waals surface area contributed by atoms with Crippen molar-refractivity contribution < 1.29 is 19.4 Å². The van der Waals surface area contributed by atoms with Crippen LogP contribution in [0.1, 0.15) is 40.0 Å². The van der Waals surface area contributed by atoms with Crippen molar-refractivity contribution in [3.63, 3.8) is 0 Å². The molecule has 98 valence electrons. The van der Waals surface area contributed by atoms with Gasteiger partial charge in [0.05, 0.1) is 0 Å². The molecule has 1 N–H and O–H groups in total. The third kappa shape index (κ3) is 5.06. The van der Waals surface area contributed by atoms with Crippen LogP contribution in [0.25, 0.3) is 0 Å². The zero-order valence-electron chi connectivity index (χ0n) is 10.7. The number of amides is 1. The molecule has 1 fully saturated rings. The number of aliphatic carboxylic acids is 1. The van der Waals surface area contributed by atoms with E-state index in [0.717, 1.165) is 12.8 Å². The average molecular weight is 244 g/mol. The first kappa shape index (κ1) is 13.8. The summed E-state index contributed by atoms with van der Waals surface area (Å²) in [5.74, 6) is -0.577. The minimum atomic E-state index is -0.763. The smallest absolute Gasteiger partial charge is 0.410 e. The maximum Gasteiger partial charge on any atom is 0.410 e. The number of piperidine rings is 1. The zero-order chi connectivity index (χ0) is 13.1. The van der Waals surface area contributed by atoms with E-state index in [2.05, 4.69) is 0 Å². The van der Waals surface area contributed by atoms with Gasteiger partial charge in [-0.3, -0.25) is 4.79 Å². The van der Waals surface area contributed by atoms with E-state index in [4.69, 9.17) is 9.84 Å². The Morgan fingerprint density at radius 1 is 1.29 bits per heavy atom. The molecule has 0 radical (unpaired) electrons. The summed E-state index contributed by atoms with van der Waals surface area (Å²) in [5.41, 5.74) is -0.477. The SMILES string of the molecule is CC(C)(C)OC(=O)N1CCC(C[13C](=O)O)CC1. The van der Waals surface area contributed by atoms with E-state index in [1.54, 1.807) is 4.90 Å². The molecule has 0 aliphatic carbocycles. The topological polar surface area (TPSA) is 66.8 Å². The summed E-state index contributed by atoms with van der Waals surface area (Å²) in [4.78, 5) is 24.0. The molecule has 1 amide bonds. The Morgan fingerprint density at radius 2 is 1.82 bits per heavy atom. The van der Waals surface area contributed by atoms with Crippen molar-refractivity contribution >= 4 is 12.1 Å². The van der Waals surface area contributed by atoms with E-state index in [-0.39, 0.29) is 18.4 Å². The van der Waals surface area contributed by atoms with Gasteiger partial charge in [-0.15, -0.1) is 0 Å². The molecule has 0 unspecified atom stereocenters. The van der Waals surface area contributed by atoms with Crippen molar-refractivity contribution in [2.75, 3.05) is 13.1 Å². The number of carbonyl (C=O) groups is 2. The lowest BCUT2D eigenvalue weighted by Gasteiger charge is -2.32. The fraction of sp³-hybridized carbons (Fsp3) is 0.833. The van der Waals surface area contributed by atoms with Gasteiger partial charge in [0.25, 0.3) is 0 Å². The fourth-order valence-corrected chi connectivity index (χ4v) is 1.89. The molecule has 0 aromatic carbocycles. The van der Waals surface area contributed by atoms with Crippen LogP contribution in [0, 0.1) is 5.92 Å². The number of rotatable bonds is 2. The van der Waals surface area contributed by atoms with Crippen LogP contribution in [-0.4, -0.2) is 40.8 Å². The first-order valence-corrected chi connectivity index (χ1v) is 5.97. The molecule has 0 atom stereocenters. The molecule has 0 spiro atoms. The van der Waals surface area contributed by atoms with Gasteiger partial charge in [-0.2, -0.15) is 0 Å². The summed E-state index contributed by atoms with van der Waals surface area (Å²) in [6.45, 7) is 6.69. The van der Waals surface area contributed by atoms with Crippen molar-refractivity contribution in [1.82, 2.24) is 4.90 Å². The third-order valence-electron chi connectivity index (χ3n) is 2.73. The Morgan fingerprint density at radius 3 is 2.24 bits per heavy atom. The molecular formula is C12H21NO4. The standard InChI is InChI=1S/C12H21NO4/c1-12(2,3)17-11(16)13-6-4-9(5-7-13)8-10(14)15/h9H,4-8H2,1-3H3,(H,14,15)/i10+1. The van der Waals surface area contributed by atoms with Gasteiger partial charge in [0.15, 0.2) is 0 Å². The number of hydrogen-bond acceptors (Lipinski definition) is 3. The minimum absolute atomic E-state index is 0.186. The average Bonchev–Trinajstić information content (AvgIpc) is 2.15. The van der Waals surface area contributed by atoms with Crippen LogP contribution in [0.3, 0.4) is 0 Å². The third-order valence-corrected chi connectivity index (χ3v) is 2.73. The monoisotopic (exact) mass is 244 g/mol. The van der Waals surface area contributed by atoms with Crippen molar-refractivity contribution in [1.29, 1.82) is 0 Å². The molecule has 5 nitrogen and oxygen atoms in total. The van der Waals surface area contributed by atoms with Crippen molar-refractivity contribution in [3.8, 4) is 0 Å². The minimum Gasteiger partial charge on any atom is -0.481 e. The van der Waals surface area contributed by atoms with E-state index in [1.165, 1.54) is 0 Å². The summed E-state index contributed by atoms with van der Waals surface area (Å²) < 4.78 is 5.26. The predicted octanol–water partition coefficient (Wildman–Crippen LogP) is 2.11. The number of carboxylic acid groups (broad SMARTS) is 1. The Bertz CT molecular complexity index is 287. The molecule has 1 heterocycles. The van der Waals surface area contributed by atoms with Crippen LogP contribution < -0.4 is 0 Å². The Hall–Kier alpha value is -1.26. The molecule has 1 aliphatic heterocycles. The fourth-order valence-electron chi connectivity index (χ4n) is 1.89. The summed E-state index contributed by atoms with van der Waals surface area (Å²) in [7, 11) is 0. The first-order chi connectivity index (χ1) is 7.78. The molecule has 0 saturated carbocycles. The van der Waals surface area contributed by atoms with Crippen LogP contribution in [0.4, 0.5) is 4.79 Å². The predicted molar refractivity (Wildman–Crippen MR) is 62.8 cm³/mol. The normalized spacial score (nSPS) is 17.9. The highest BCUT2D eigenvalue weighted by Gasteiger charge is 2.27. The van der Waals surface area contributed by atoms with Gasteiger partial charge >= 0.3 is 12.1 Å². The number of hydrogen-bond donors (Lipinski definition) is 1. The number of likely N-dealkylation sites (tertiary alicyclic amines) is 1. The van der Waals surface area contributed by atoms with E-state index in [9.17, 15) is 9.59 Å². The van der Waals surface area contributed by atoms with Crippen LogP contribution in [0.15, 0.2) is 0 Å². The molecule has 0 bridgehead atoms. The summed E-state index contributed by atoms with van der Waals surface area (Å²) in [5, 5.41) is 8.69. The Labute approximate surface area is 102 Å². The zero-order valence-corrected chi connectivity index (χ0v) is 10.7. The number of nitrogens with zero attached hydrogens (tertiary/aromatic N) is 1. The lowest BCUT2D eigenvalue weighted by molar-refractivity contribution is -0.138. The molecule has 0 aromatic rings. The first-order valence-electron chi connectivity index (χ1n) is 5.97. The molecule has 0 aromatic heterocycles. The second kappa shape index (κ2) is 5.38. The largest absolute Gasteiger partial charge is 0.481 e. The molecule has 1 rings (SSSR count). The number of carboxylic acids is 1. The van der Waals surface area contributed by atoms with Crippen LogP contribution in [-0.2, 0) is 9.53 Å². The lowest BCUT2D eigenvalue weighted by atomic mass is 9.96. The van der Waals surface area contributed by atoms with Gasteiger partial charge in [0.1, 0.15) is 5.60 Å². The van der Waals surface area contributed by atoms with E-state index in [0.29, 0.717) is 13.1 Å². The maximum atomic E-state index is 11.7. The van der Waals surface area contributed by atoms with E-state index < -0.39 is 11.6 Å². The molecule has 1 saturated heterocycles. The molecule has 5 heteroatoms. The summed E-state index contributed by atoms with van der Waals surface area (Å²) in [6.07, 6.45) is 1.38. The quantitative estimate of drug-likeness (QED) is 0.755. The van der Waals surface area contributed by atoms with Gasteiger partial charge < -0.3 is 14.7 Å². The molecule has 1 aliphatic rings. The van der Waals surface area contributed by atoms with Gasteiger partial charge in [-0.25, -0.2) is 4.79 Å². The Kier molecular flexibility index (Phi) is 4.37. The maximum absolute atomic E-state index is 11.7. The highest BCUT2D eigenvalue weighted by molar-refractivity contribution is 5.69. The van der Waals surface area contributed by atoms with Crippen molar-refractivity contribution in [2.45, 2.75) is 45.6 Å². The van der Waals surface area contributed by atoms with E-state index in [1.807, 2.05) is 20.8 Å². The van der Waals surface area contributed by atoms with E-state index >= 15 is 0 Å². The highest BCUT2D eigenvalue weighted by Crippen LogP contribution is 2.22. The van der Waals surface area contributed by atoms with Crippen molar-refractivity contribution in [2.24, 2.45) is 5.92 Å². The highest BCUT2D eigenvalue weighted by atomic mass is 16.6. The second-order valence-corrected chi connectivity index (χ2v) is 5.51. The van der Waals surface area contributed by atoms with Gasteiger partial charge in [-0.05, 0) is 39.5 Å². The Balaban J connectivity index is 2.36. The van der Waals surface area contributed by atoms with Crippen LogP contribution in [0.2, 0.25) is 0 Å². The van der Waals surface area contributed by atoms with Gasteiger partial charge in [0, 0.05) is 19.5 Å².